The molecule has 1 aromatic carbocycles. The lowest BCUT2D eigenvalue weighted by molar-refractivity contribution is 0.0319. The van der Waals surface area contributed by atoms with Crippen LogP contribution >= 0.6 is 0 Å². The molecule has 21 heavy (non-hydrogen) atoms. The molecule has 2 nitrogen and oxygen atoms in total. The third-order valence-electron chi connectivity index (χ3n) is 5.23. The van der Waals surface area contributed by atoms with E-state index in [2.05, 4.69) is 75.2 Å². The van der Waals surface area contributed by atoms with Gasteiger partial charge in [-0.1, -0.05) is 51.1 Å². The Kier molecular flexibility index (Phi) is 5.83. The quantitative estimate of drug-likeness (QED) is 0.878. The molecule has 1 aliphatic rings. The lowest BCUT2D eigenvalue weighted by Crippen LogP contribution is -2.53. The molecule has 1 fully saturated rings. The van der Waals surface area contributed by atoms with E-state index in [1.54, 1.807) is 0 Å². The molecule has 1 aromatic rings. The van der Waals surface area contributed by atoms with Crippen LogP contribution in [0.15, 0.2) is 30.3 Å². The van der Waals surface area contributed by atoms with Crippen molar-refractivity contribution in [3.05, 3.63) is 35.9 Å². The van der Waals surface area contributed by atoms with Crippen LogP contribution in [0, 0.1) is 11.8 Å². The van der Waals surface area contributed by atoms with Crippen LogP contribution in [0.2, 0.25) is 0 Å². The minimum atomic E-state index is 0.413. The first-order valence-electron chi connectivity index (χ1n) is 8.58. The third kappa shape index (κ3) is 3.87. The van der Waals surface area contributed by atoms with Crippen LogP contribution in [0.5, 0.6) is 0 Å². The molecule has 0 amide bonds. The van der Waals surface area contributed by atoms with Crippen LogP contribution in [0.3, 0.4) is 0 Å². The summed E-state index contributed by atoms with van der Waals surface area (Å²) in [5.74, 6) is 1.59. The van der Waals surface area contributed by atoms with Crippen LogP contribution in [-0.4, -0.2) is 30.1 Å². The zero-order valence-corrected chi connectivity index (χ0v) is 14.3. The van der Waals surface area contributed by atoms with E-state index in [9.17, 15) is 0 Å². The summed E-state index contributed by atoms with van der Waals surface area (Å²) in [6.07, 6.45) is 1.36. The smallest absolute Gasteiger partial charge is 0.0475 e. The molecular weight excluding hydrogens is 256 g/mol. The fourth-order valence-electron chi connectivity index (χ4n) is 3.94. The van der Waals surface area contributed by atoms with Gasteiger partial charge in [-0.3, -0.25) is 4.90 Å². The average Bonchev–Trinajstić information content (AvgIpc) is 2.48. The summed E-state index contributed by atoms with van der Waals surface area (Å²) in [7, 11) is 0. The highest BCUT2D eigenvalue weighted by Gasteiger charge is 2.34. The number of likely N-dealkylation sites (tertiary alicyclic amines) is 1. The van der Waals surface area contributed by atoms with E-state index >= 15 is 0 Å². The van der Waals surface area contributed by atoms with Gasteiger partial charge in [0.25, 0.3) is 0 Å². The Morgan fingerprint density at radius 2 is 1.86 bits per heavy atom. The van der Waals surface area contributed by atoms with Crippen molar-refractivity contribution in [1.29, 1.82) is 0 Å². The third-order valence-corrected chi connectivity index (χ3v) is 5.23. The van der Waals surface area contributed by atoms with Gasteiger partial charge in [-0.25, -0.2) is 0 Å². The summed E-state index contributed by atoms with van der Waals surface area (Å²) >= 11 is 0. The maximum Gasteiger partial charge on any atom is 0.0475 e. The van der Waals surface area contributed by atoms with Gasteiger partial charge in [-0.15, -0.1) is 0 Å². The molecule has 0 aliphatic carbocycles. The lowest BCUT2D eigenvalue weighted by atomic mass is 9.83. The van der Waals surface area contributed by atoms with Gasteiger partial charge in [-0.2, -0.15) is 0 Å². The summed E-state index contributed by atoms with van der Waals surface area (Å²) in [4.78, 5) is 2.72. The number of nitrogens with zero attached hydrogens (tertiary/aromatic N) is 1. The standard InChI is InChI=1S/C19H32N2/c1-6-20-19(18-10-8-7-9-11-18)17(5)21-13-14(2)12-15(3)16(21)4/h7-11,14-17,19-20H,6,12-13H2,1-5H3. The number of benzene rings is 1. The molecular formula is C19H32N2. The van der Waals surface area contributed by atoms with Gasteiger partial charge in [0.05, 0.1) is 0 Å². The molecule has 0 radical (unpaired) electrons. The second kappa shape index (κ2) is 7.42. The van der Waals surface area contributed by atoms with Crippen molar-refractivity contribution < 1.29 is 0 Å². The number of likely N-dealkylation sites (N-methyl/N-ethyl adjacent to an activating group) is 1. The fraction of sp³-hybridized carbons (Fsp3) is 0.684. The molecule has 2 heteroatoms. The van der Waals surface area contributed by atoms with Crippen molar-refractivity contribution in [1.82, 2.24) is 10.2 Å². The summed E-state index contributed by atoms with van der Waals surface area (Å²) in [6, 6.07) is 12.5. The van der Waals surface area contributed by atoms with E-state index in [-0.39, 0.29) is 0 Å². The molecule has 0 bridgehead atoms. The van der Waals surface area contributed by atoms with E-state index in [1.807, 2.05) is 0 Å². The van der Waals surface area contributed by atoms with Crippen molar-refractivity contribution in [3.63, 3.8) is 0 Å². The van der Waals surface area contributed by atoms with Crippen LogP contribution in [0.4, 0.5) is 0 Å². The zero-order valence-electron chi connectivity index (χ0n) is 14.3. The van der Waals surface area contributed by atoms with Crippen molar-refractivity contribution >= 4 is 0 Å². The Labute approximate surface area is 130 Å². The number of nitrogens with one attached hydrogen (secondary N) is 1. The van der Waals surface area contributed by atoms with E-state index in [1.165, 1.54) is 18.5 Å². The van der Waals surface area contributed by atoms with Gasteiger partial charge in [0.2, 0.25) is 0 Å². The minimum Gasteiger partial charge on any atom is -0.309 e. The Morgan fingerprint density at radius 1 is 1.19 bits per heavy atom. The molecule has 0 saturated carbocycles. The van der Waals surface area contributed by atoms with E-state index in [0.29, 0.717) is 18.1 Å². The predicted molar refractivity (Wildman–Crippen MR) is 91.4 cm³/mol. The summed E-state index contributed by atoms with van der Waals surface area (Å²) in [5, 5.41) is 3.70. The molecule has 5 unspecified atom stereocenters. The van der Waals surface area contributed by atoms with Gasteiger partial charge >= 0.3 is 0 Å². The molecule has 1 saturated heterocycles. The number of rotatable bonds is 5. The zero-order chi connectivity index (χ0) is 15.4. The second-order valence-electron chi connectivity index (χ2n) is 6.94. The lowest BCUT2D eigenvalue weighted by Gasteiger charge is -2.46. The number of piperidine rings is 1. The normalized spacial score (nSPS) is 30.0. The predicted octanol–water partition coefficient (Wildman–Crippen LogP) is 4.09. The Bertz CT molecular complexity index is 417. The van der Waals surface area contributed by atoms with Crippen molar-refractivity contribution in [2.45, 2.75) is 59.2 Å². The first-order chi connectivity index (χ1) is 10.0. The number of hydrogen-bond donors (Lipinski definition) is 1. The van der Waals surface area contributed by atoms with Crippen molar-refractivity contribution in [2.24, 2.45) is 11.8 Å². The molecule has 2 rings (SSSR count). The Morgan fingerprint density at radius 3 is 2.48 bits per heavy atom. The SMILES string of the molecule is CCNC(c1ccccc1)C(C)N1CC(C)CC(C)C1C. The largest absolute Gasteiger partial charge is 0.309 e. The maximum absolute atomic E-state index is 3.70. The monoisotopic (exact) mass is 288 g/mol. The van der Waals surface area contributed by atoms with E-state index in [0.717, 1.165) is 18.4 Å². The van der Waals surface area contributed by atoms with E-state index < -0.39 is 0 Å². The minimum absolute atomic E-state index is 0.413. The highest BCUT2D eigenvalue weighted by atomic mass is 15.2. The fourth-order valence-corrected chi connectivity index (χ4v) is 3.94. The average molecular weight is 288 g/mol. The first kappa shape index (κ1) is 16.5. The molecule has 118 valence electrons. The van der Waals surface area contributed by atoms with Crippen LogP contribution in [-0.2, 0) is 0 Å². The van der Waals surface area contributed by atoms with Crippen molar-refractivity contribution in [2.75, 3.05) is 13.1 Å². The van der Waals surface area contributed by atoms with Gasteiger partial charge in [-0.05, 0) is 44.2 Å². The van der Waals surface area contributed by atoms with Crippen molar-refractivity contribution in [3.8, 4) is 0 Å². The maximum atomic E-state index is 3.70. The summed E-state index contributed by atoms with van der Waals surface area (Å²) in [6.45, 7) is 14.0. The van der Waals surface area contributed by atoms with Crippen LogP contribution in [0.1, 0.15) is 52.6 Å². The molecule has 1 aliphatic heterocycles. The Hall–Kier alpha value is -0.860. The highest BCUT2D eigenvalue weighted by molar-refractivity contribution is 5.20. The molecule has 1 N–H and O–H groups in total. The van der Waals surface area contributed by atoms with Gasteiger partial charge < -0.3 is 5.32 Å². The molecule has 1 heterocycles. The van der Waals surface area contributed by atoms with Crippen LogP contribution < -0.4 is 5.32 Å². The molecule has 0 aromatic heterocycles. The molecule has 0 spiro atoms. The summed E-state index contributed by atoms with van der Waals surface area (Å²) < 4.78 is 0. The van der Waals surface area contributed by atoms with Crippen LogP contribution in [0.25, 0.3) is 0 Å². The number of hydrogen-bond acceptors (Lipinski definition) is 2. The Balaban J connectivity index is 2.19. The topological polar surface area (TPSA) is 15.3 Å². The second-order valence-corrected chi connectivity index (χ2v) is 6.94. The van der Waals surface area contributed by atoms with E-state index in [4.69, 9.17) is 0 Å². The first-order valence-corrected chi connectivity index (χ1v) is 8.58. The van der Waals surface area contributed by atoms with Gasteiger partial charge in [0, 0.05) is 24.7 Å². The summed E-state index contributed by atoms with van der Waals surface area (Å²) in [5.41, 5.74) is 1.41. The van der Waals surface area contributed by atoms with Gasteiger partial charge in [0.1, 0.15) is 0 Å². The van der Waals surface area contributed by atoms with Gasteiger partial charge in [0.15, 0.2) is 0 Å². The highest BCUT2D eigenvalue weighted by Crippen LogP contribution is 2.32. The molecule has 5 atom stereocenters.